The molecule has 0 aliphatic carbocycles. The van der Waals surface area contributed by atoms with E-state index in [0.29, 0.717) is 5.02 Å². The first-order valence-electron chi connectivity index (χ1n) is 2.56. The van der Waals surface area contributed by atoms with E-state index < -0.39 is 0 Å². The van der Waals surface area contributed by atoms with Crippen LogP contribution in [0.3, 0.4) is 0 Å². The molecule has 9 heavy (non-hydrogen) atoms. The molecule has 1 rings (SSSR count). The minimum absolute atomic E-state index is 0.646. The van der Waals surface area contributed by atoms with Crippen LogP contribution in [0.1, 0.15) is 5.56 Å². The van der Waals surface area contributed by atoms with E-state index in [-0.39, 0.29) is 0 Å². The van der Waals surface area contributed by atoms with Crippen molar-refractivity contribution in [2.75, 3.05) is 0 Å². The van der Waals surface area contributed by atoms with Gasteiger partial charge < -0.3 is 0 Å². The van der Waals surface area contributed by atoms with Crippen LogP contribution in [0, 0.1) is 0 Å². The Morgan fingerprint density at radius 2 is 2.44 bits per heavy atom. The number of pyridine rings is 1. The van der Waals surface area contributed by atoms with Crippen LogP contribution in [-0.2, 0) is 0 Å². The standard InChI is InChI=1S/C7H6ClN/c1-2-6-3-4-9-5-7(6)8/h2-5H,1H2. The van der Waals surface area contributed by atoms with E-state index >= 15 is 0 Å². The monoisotopic (exact) mass is 139 g/mol. The van der Waals surface area contributed by atoms with Gasteiger partial charge in [0.15, 0.2) is 0 Å². The highest BCUT2D eigenvalue weighted by atomic mass is 35.5. The van der Waals surface area contributed by atoms with Gasteiger partial charge in [-0.15, -0.1) is 0 Å². The average molecular weight is 140 g/mol. The lowest BCUT2D eigenvalue weighted by Crippen LogP contribution is -1.74. The minimum Gasteiger partial charge on any atom is -0.263 e. The fourth-order valence-corrected chi connectivity index (χ4v) is 0.748. The van der Waals surface area contributed by atoms with Crippen molar-refractivity contribution in [1.29, 1.82) is 0 Å². The van der Waals surface area contributed by atoms with Crippen molar-refractivity contribution >= 4 is 17.7 Å². The van der Waals surface area contributed by atoms with Crippen LogP contribution in [0.4, 0.5) is 0 Å². The van der Waals surface area contributed by atoms with E-state index in [1.807, 2.05) is 6.07 Å². The third kappa shape index (κ3) is 1.30. The molecule has 2 heteroatoms. The first-order chi connectivity index (χ1) is 4.34. The molecule has 0 bridgehead atoms. The number of nitrogens with zero attached hydrogens (tertiary/aromatic N) is 1. The quantitative estimate of drug-likeness (QED) is 0.582. The summed E-state index contributed by atoms with van der Waals surface area (Å²) in [6.07, 6.45) is 4.98. The predicted octanol–water partition coefficient (Wildman–Crippen LogP) is 2.38. The molecule has 0 aliphatic rings. The molecule has 1 nitrogen and oxygen atoms in total. The lowest BCUT2D eigenvalue weighted by molar-refractivity contribution is 1.32. The summed E-state index contributed by atoms with van der Waals surface area (Å²) in [5, 5.41) is 0.646. The lowest BCUT2D eigenvalue weighted by atomic mass is 10.3. The van der Waals surface area contributed by atoms with Gasteiger partial charge in [0.05, 0.1) is 5.02 Å². The number of hydrogen-bond acceptors (Lipinski definition) is 1. The van der Waals surface area contributed by atoms with Crippen molar-refractivity contribution in [1.82, 2.24) is 4.98 Å². The van der Waals surface area contributed by atoms with Crippen LogP contribution in [0.2, 0.25) is 5.02 Å². The van der Waals surface area contributed by atoms with Crippen LogP contribution < -0.4 is 0 Å². The van der Waals surface area contributed by atoms with Gasteiger partial charge in [0.1, 0.15) is 0 Å². The van der Waals surface area contributed by atoms with E-state index in [2.05, 4.69) is 11.6 Å². The van der Waals surface area contributed by atoms with Crippen LogP contribution >= 0.6 is 11.6 Å². The van der Waals surface area contributed by atoms with Crippen LogP contribution in [-0.4, -0.2) is 4.98 Å². The highest BCUT2D eigenvalue weighted by molar-refractivity contribution is 6.31. The Morgan fingerprint density at radius 3 is 2.89 bits per heavy atom. The number of halogens is 1. The maximum atomic E-state index is 5.69. The maximum Gasteiger partial charge on any atom is 0.0661 e. The van der Waals surface area contributed by atoms with Gasteiger partial charge in [0, 0.05) is 12.4 Å². The topological polar surface area (TPSA) is 12.9 Å². The molecule has 0 N–H and O–H groups in total. The number of rotatable bonds is 1. The van der Waals surface area contributed by atoms with Crippen LogP contribution in [0.25, 0.3) is 6.08 Å². The normalized spacial score (nSPS) is 9.00. The van der Waals surface area contributed by atoms with Crippen molar-refractivity contribution in [3.05, 3.63) is 35.6 Å². The average Bonchev–Trinajstić information content (AvgIpc) is 1.89. The molecule has 0 aliphatic heterocycles. The van der Waals surface area contributed by atoms with Crippen molar-refractivity contribution in [3.8, 4) is 0 Å². The number of hydrogen-bond donors (Lipinski definition) is 0. The summed E-state index contributed by atoms with van der Waals surface area (Å²) in [5.74, 6) is 0. The number of aromatic nitrogens is 1. The summed E-state index contributed by atoms with van der Waals surface area (Å²) in [7, 11) is 0. The zero-order valence-electron chi connectivity index (χ0n) is 4.84. The van der Waals surface area contributed by atoms with Gasteiger partial charge in [-0.3, -0.25) is 4.98 Å². The van der Waals surface area contributed by atoms with Crippen LogP contribution in [0.5, 0.6) is 0 Å². The predicted molar refractivity (Wildman–Crippen MR) is 39.3 cm³/mol. The Balaban J connectivity index is 3.15. The SMILES string of the molecule is C=Cc1ccncc1Cl. The molecule has 1 aromatic rings. The van der Waals surface area contributed by atoms with Gasteiger partial charge in [-0.1, -0.05) is 24.3 Å². The minimum atomic E-state index is 0.646. The summed E-state index contributed by atoms with van der Waals surface area (Å²) >= 11 is 5.69. The van der Waals surface area contributed by atoms with E-state index in [0.717, 1.165) is 5.56 Å². The molecule has 0 unspecified atom stereocenters. The van der Waals surface area contributed by atoms with Gasteiger partial charge in [-0.05, 0) is 11.6 Å². The zero-order chi connectivity index (χ0) is 6.69. The van der Waals surface area contributed by atoms with Gasteiger partial charge in [0.2, 0.25) is 0 Å². The second-order valence-corrected chi connectivity index (χ2v) is 2.01. The summed E-state index contributed by atoms with van der Waals surface area (Å²) in [5.41, 5.74) is 0.923. The van der Waals surface area contributed by atoms with Gasteiger partial charge in [0.25, 0.3) is 0 Å². The molecule has 0 spiro atoms. The largest absolute Gasteiger partial charge is 0.263 e. The van der Waals surface area contributed by atoms with E-state index in [4.69, 9.17) is 11.6 Å². The van der Waals surface area contributed by atoms with Gasteiger partial charge in [-0.25, -0.2) is 0 Å². The smallest absolute Gasteiger partial charge is 0.0661 e. The van der Waals surface area contributed by atoms with E-state index in [9.17, 15) is 0 Å². The van der Waals surface area contributed by atoms with E-state index in [1.165, 1.54) is 0 Å². The first kappa shape index (κ1) is 6.30. The zero-order valence-corrected chi connectivity index (χ0v) is 5.60. The van der Waals surface area contributed by atoms with Gasteiger partial charge >= 0.3 is 0 Å². The molecule has 0 atom stereocenters. The Morgan fingerprint density at radius 1 is 1.67 bits per heavy atom. The van der Waals surface area contributed by atoms with Crippen molar-refractivity contribution in [2.24, 2.45) is 0 Å². The van der Waals surface area contributed by atoms with Crippen LogP contribution in [0.15, 0.2) is 25.0 Å². The summed E-state index contributed by atoms with van der Waals surface area (Å²) in [6.45, 7) is 3.58. The summed E-state index contributed by atoms with van der Waals surface area (Å²) in [6, 6.07) is 1.81. The second kappa shape index (κ2) is 2.65. The molecule has 0 aromatic carbocycles. The Labute approximate surface area is 59.0 Å². The molecule has 0 fully saturated rings. The highest BCUT2D eigenvalue weighted by Crippen LogP contribution is 2.13. The van der Waals surface area contributed by atoms with Crippen molar-refractivity contribution < 1.29 is 0 Å². The summed E-state index contributed by atoms with van der Waals surface area (Å²) in [4.78, 5) is 3.81. The maximum absolute atomic E-state index is 5.69. The third-order valence-electron chi connectivity index (χ3n) is 1.02. The Bertz CT molecular complexity index is 220. The molecule has 1 aromatic heterocycles. The van der Waals surface area contributed by atoms with E-state index in [1.54, 1.807) is 18.5 Å². The molecule has 1 heterocycles. The molecule has 0 saturated heterocycles. The lowest BCUT2D eigenvalue weighted by Gasteiger charge is -1.92. The third-order valence-corrected chi connectivity index (χ3v) is 1.34. The molecule has 0 radical (unpaired) electrons. The molecular weight excluding hydrogens is 134 g/mol. The fourth-order valence-electron chi connectivity index (χ4n) is 0.551. The Kier molecular flexibility index (Phi) is 1.85. The second-order valence-electron chi connectivity index (χ2n) is 1.60. The molecule has 0 saturated carbocycles. The molecular formula is C7H6ClN. The van der Waals surface area contributed by atoms with Crippen molar-refractivity contribution in [2.45, 2.75) is 0 Å². The first-order valence-corrected chi connectivity index (χ1v) is 2.94. The van der Waals surface area contributed by atoms with Gasteiger partial charge in [-0.2, -0.15) is 0 Å². The molecule has 46 valence electrons. The molecule has 0 amide bonds. The highest BCUT2D eigenvalue weighted by Gasteiger charge is 1.90. The van der Waals surface area contributed by atoms with Crippen molar-refractivity contribution in [3.63, 3.8) is 0 Å². The fraction of sp³-hybridized carbons (Fsp3) is 0. The summed E-state index contributed by atoms with van der Waals surface area (Å²) < 4.78 is 0. The Hall–Kier alpha value is -0.820.